The van der Waals surface area contributed by atoms with Crippen molar-refractivity contribution < 1.29 is 59.9 Å². The van der Waals surface area contributed by atoms with Crippen molar-refractivity contribution in [2.75, 3.05) is 13.2 Å². The van der Waals surface area contributed by atoms with Crippen molar-refractivity contribution in [2.45, 2.75) is 107 Å². The van der Waals surface area contributed by atoms with Gasteiger partial charge in [-0.2, -0.15) is 0 Å². The van der Waals surface area contributed by atoms with E-state index in [0.29, 0.717) is 25.7 Å². The molecule has 5 fully saturated rings. The highest BCUT2D eigenvalue weighted by atomic mass is 16.7. The van der Waals surface area contributed by atoms with E-state index in [-0.39, 0.29) is 19.3 Å². The maximum atomic E-state index is 13.7. The molecule has 1 saturated heterocycles. The van der Waals surface area contributed by atoms with Crippen LogP contribution in [-0.2, 0) is 19.1 Å². The van der Waals surface area contributed by atoms with Crippen molar-refractivity contribution in [3.8, 4) is 0 Å². The minimum atomic E-state index is -2.05. The Kier molecular flexibility index (Phi) is 6.62. The summed E-state index contributed by atoms with van der Waals surface area (Å²) in [7, 11) is 0. The number of esters is 1. The predicted octanol–water partition coefficient (Wildman–Crippen LogP) is -2.27. The fourth-order valence-electron chi connectivity index (χ4n) is 9.19. The van der Waals surface area contributed by atoms with Gasteiger partial charge in [0, 0.05) is 11.3 Å². The van der Waals surface area contributed by atoms with E-state index in [1.54, 1.807) is 13.8 Å². The highest BCUT2D eigenvalue weighted by Gasteiger charge is 2.81. The molecule has 0 radical (unpaired) electrons. The first kappa shape index (κ1) is 28.3. The summed E-state index contributed by atoms with van der Waals surface area (Å²) >= 11 is 0. The molecule has 38 heavy (non-hydrogen) atoms. The van der Waals surface area contributed by atoms with Crippen LogP contribution >= 0.6 is 0 Å². The van der Waals surface area contributed by atoms with Crippen LogP contribution in [0.2, 0.25) is 0 Å². The van der Waals surface area contributed by atoms with Crippen LogP contribution in [0.25, 0.3) is 0 Å². The summed E-state index contributed by atoms with van der Waals surface area (Å²) in [5.74, 6) is -2.70. The van der Waals surface area contributed by atoms with Crippen LogP contribution < -0.4 is 0 Å². The standard InChI is InChI=1S/C26H40O12/c1-22(21(34)38-19-18(32)17(31)16(30)13(10-27)37-19)5-3-6-23(2)14(22)4-7-24-9-12(8-15(29)26(23,24)36)25(35,11-28)20(24)33/h12-19,27-32,35-36H,3-11H2,1-2H3/t12-,13-,14-,15+,16+,17-,18+,19-,22-,23-,24+,25-,26-/m1/s1. The topological polar surface area (TPSA) is 214 Å². The summed E-state index contributed by atoms with van der Waals surface area (Å²) in [4.78, 5) is 27.4. The van der Waals surface area contributed by atoms with Gasteiger partial charge < -0.3 is 50.3 Å². The second-order valence-electron chi connectivity index (χ2n) is 12.8. The summed E-state index contributed by atoms with van der Waals surface area (Å²) < 4.78 is 10.9. The molecular formula is C26H40O12. The Bertz CT molecular complexity index is 989. The van der Waals surface area contributed by atoms with Crippen molar-refractivity contribution in [3.63, 3.8) is 0 Å². The first-order valence-electron chi connectivity index (χ1n) is 13.5. The molecule has 4 aliphatic carbocycles. The summed E-state index contributed by atoms with van der Waals surface area (Å²) in [6.07, 6.45) is -7.74. The maximum absolute atomic E-state index is 13.7. The molecule has 1 aliphatic heterocycles. The molecule has 0 aromatic rings. The number of fused-ring (bicyclic) bond motifs is 3. The van der Waals surface area contributed by atoms with Crippen molar-refractivity contribution >= 4 is 11.8 Å². The minimum Gasteiger partial charge on any atom is -0.432 e. The van der Waals surface area contributed by atoms with Crippen LogP contribution in [0.15, 0.2) is 0 Å². The molecule has 5 rings (SSSR count). The van der Waals surface area contributed by atoms with Crippen LogP contribution in [0.5, 0.6) is 0 Å². The number of ketones is 1. The number of Topliss-reactive ketones (excluding diaryl/α,β-unsaturated/α-hetero) is 1. The second-order valence-corrected chi connectivity index (χ2v) is 12.8. The van der Waals surface area contributed by atoms with E-state index in [4.69, 9.17) is 9.47 Å². The molecule has 13 atom stereocenters. The zero-order valence-corrected chi connectivity index (χ0v) is 21.7. The lowest BCUT2D eigenvalue weighted by molar-refractivity contribution is -0.307. The van der Waals surface area contributed by atoms with Crippen molar-refractivity contribution in [1.82, 2.24) is 0 Å². The van der Waals surface area contributed by atoms with Gasteiger partial charge in [-0.15, -0.1) is 0 Å². The molecule has 5 aliphatic rings. The Morgan fingerprint density at radius 3 is 2.34 bits per heavy atom. The first-order valence-corrected chi connectivity index (χ1v) is 13.5. The average molecular weight is 545 g/mol. The van der Waals surface area contributed by atoms with Crippen LogP contribution in [-0.4, -0.2) is 114 Å². The number of aliphatic hydroxyl groups is 8. The second kappa shape index (κ2) is 8.89. The smallest absolute Gasteiger partial charge is 0.314 e. The largest absolute Gasteiger partial charge is 0.432 e. The van der Waals surface area contributed by atoms with E-state index in [1.807, 2.05) is 0 Å². The molecule has 0 aromatic heterocycles. The Morgan fingerprint density at radius 2 is 1.71 bits per heavy atom. The summed E-state index contributed by atoms with van der Waals surface area (Å²) in [6.45, 7) is 1.94. The number of hydrogen-bond donors (Lipinski definition) is 8. The number of hydrogen-bond acceptors (Lipinski definition) is 12. The first-order chi connectivity index (χ1) is 17.7. The molecule has 0 aromatic carbocycles. The number of carbonyl (C=O) groups is 2. The van der Waals surface area contributed by atoms with Gasteiger partial charge in [-0.25, -0.2) is 0 Å². The summed E-state index contributed by atoms with van der Waals surface area (Å²) in [6, 6.07) is 0. The van der Waals surface area contributed by atoms with Crippen LogP contribution in [0, 0.1) is 28.1 Å². The fourth-order valence-corrected chi connectivity index (χ4v) is 9.19. The lowest BCUT2D eigenvalue weighted by Crippen LogP contribution is -2.75. The number of carbonyl (C=O) groups excluding carboxylic acids is 2. The van der Waals surface area contributed by atoms with Gasteiger partial charge >= 0.3 is 5.97 Å². The van der Waals surface area contributed by atoms with Crippen molar-refractivity contribution in [1.29, 1.82) is 0 Å². The lowest BCUT2D eigenvalue weighted by atomic mass is 9.38. The van der Waals surface area contributed by atoms with E-state index in [2.05, 4.69) is 0 Å². The van der Waals surface area contributed by atoms with E-state index in [1.165, 1.54) is 0 Å². The van der Waals surface area contributed by atoms with Crippen LogP contribution in [0.3, 0.4) is 0 Å². The lowest BCUT2D eigenvalue weighted by Gasteiger charge is -2.67. The number of ether oxygens (including phenoxy) is 2. The Morgan fingerprint density at radius 1 is 1.03 bits per heavy atom. The minimum absolute atomic E-state index is 0.0740. The van der Waals surface area contributed by atoms with E-state index >= 15 is 0 Å². The average Bonchev–Trinajstić information content (AvgIpc) is 3.07. The maximum Gasteiger partial charge on any atom is 0.314 e. The highest BCUT2D eigenvalue weighted by molar-refractivity contribution is 5.97. The zero-order chi connectivity index (χ0) is 28.1. The van der Waals surface area contributed by atoms with Crippen molar-refractivity contribution in [3.05, 3.63) is 0 Å². The Hall–Kier alpha value is -1.22. The molecule has 1 spiro atoms. The normalized spacial score (nSPS) is 56.2. The summed E-state index contributed by atoms with van der Waals surface area (Å²) in [5.41, 5.74) is -7.88. The molecule has 0 amide bonds. The van der Waals surface area contributed by atoms with Gasteiger partial charge in [-0.3, -0.25) is 9.59 Å². The zero-order valence-electron chi connectivity index (χ0n) is 21.7. The van der Waals surface area contributed by atoms with Crippen LogP contribution in [0.1, 0.15) is 58.8 Å². The monoisotopic (exact) mass is 544 g/mol. The Labute approximate surface area is 220 Å². The third-order valence-corrected chi connectivity index (χ3v) is 11.3. The molecule has 8 N–H and O–H groups in total. The van der Waals surface area contributed by atoms with Gasteiger partial charge in [0.05, 0.1) is 30.1 Å². The fraction of sp³-hybridized carbons (Fsp3) is 0.923. The molecule has 2 bridgehead atoms. The highest BCUT2D eigenvalue weighted by Crippen LogP contribution is 2.73. The molecule has 216 valence electrons. The molecular weight excluding hydrogens is 504 g/mol. The van der Waals surface area contributed by atoms with E-state index < -0.39 is 101 Å². The van der Waals surface area contributed by atoms with Crippen molar-refractivity contribution in [2.24, 2.45) is 28.1 Å². The van der Waals surface area contributed by atoms with Crippen LogP contribution in [0.4, 0.5) is 0 Å². The van der Waals surface area contributed by atoms with Gasteiger partial charge in [0.2, 0.25) is 6.29 Å². The van der Waals surface area contributed by atoms with Gasteiger partial charge in [0.15, 0.2) is 5.78 Å². The quantitative estimate of drug-likeness (QED) is 0.176. The van der Waals surface area contributed by atoms with Gasteiger partial charge in [-0.05, 0) is 51.4 Å². The predicted molar refractivity (Wildman–Crippen MR) is 126 cm³/mol. The van der Waals surface area contributed by atoms with Gasteiger partial charge in [-0.1, -0.05) is 13.3 Å². The SMILES string of the molecule is C[C@@]1(C(=O)O[C@H]2O[C@H](CO)[C@H](O)[C@@H](O)[C@@H]2O)CCC[C@]2(C)[C@@H]1CC[C@@]13C[C@@H](C[C@H](O)[C@]12O)[C@](O)(CO)C3=O. The number of aliphatic hydroxyl groups excluding tert-OH is 6. The summed E-state index contributed by atoms with van der Waals surface area (Å²) in [5, 5.41) is 84.8. The third-order valence-electron chi connectivity index (χ3n) is 11.3. The molecule has 0 unspecified atom stereocenters. The molecule has 1 heterocycles. The molecule has 4 saturated carbocycles. The third kappa shape index (κ3) is 3.23. The van der Waals surface area contributed by atoms with E-state index in [0.717, 1.165) is 0 Å². The molecule has 12 nitrogen and oxygen atoms in total. The Balaban J connectivity index is 1.48. The van der Waals surface area contributed by atoms with Gasteiger partial charge in [0.25, 0.3) is 0 Å². The number of rotatable bonds is 4. The van der Waals surface area contributed by atoms with E-state index in [9.17, 15) is 50.4 Å². The molecule has 12 heteroatoms. The van der Waals surface area contributed by atoms with Gasteiger partial charge in [0.1, 0.15) is 35.6 Å².